The predicted molar refractivity (Wildman–Crippen MR) is 149 cm³/mol. The van der Waals surface area contributed by atoms with Crippen LogP contribution >= 0.6 is 0 Å². The maximum absolute atomic E-state index is 13.0. The minimum Gasteiger partial charge on any atom is -0.496 e. The first kappa shape index (κ1) is 25.8. The molecule has 2 aliphatic heterocycles. The third-order valence-corrected chi connectivity index (χ3v) is 7.60. The molecule has 9 heteroatoms. The van der Waals surface area contributed by atoms with E-state index >= 15 is 0 Å². The number of nitrogens with zero attached hydrogens (tertiary/aromatic N) is 5. The zero-order valence-electron chi connectivity index (χ0n) is 22.4. The van der Waals surface area contributed by atoms with Gasteiger partial charge in [-0.15, -0.1) is 0 Å². The van der Waals surface area contributed by atoms with E-state index in [1.807, 2.05) is 17.0 Å². The highest BCUT2D eigenvalue weighted by Crippen LogP contribution is 2.22. The molecule has 2 saturated heterocycles. The highest BCUT2D eigenvalue weighted by atomic mass is 16.5. The average molecular weight is 517 g/mol. The first-order chi connectivity index (χ1) is 18.4. The third kappa shape index (κ3) is 5.67. The molecule has 3 heterocycles. The number of para-hydroxylation sites is 1. The Morgan fingerprint density at radius 3 is 2.32 bits per heavy atom. The molecule has 1 amide bonds. The minimum absolute atomic E-state index is 0.0442. The standard InChI is InChI=1S/C29H36N6O3/c1-21-8-9-24(18-22(21)2)33-12-10-32(11-13-33)20-23-19-27(36)31-29(30-23)35-16-14-34(15-17-35)28(37)25-6-4-5-7-26(25)38-3/h4-9,18-19H,10-17,20H2,1-3H3,(H,30,31,36). The van der Waals surface area contributed by atoms with Crippen LogP contribution in [0.15, 0.2) is 53.3 Å². The van der Waals surface area contributed by atoms with Gasteiger partial charge in [-0.25, -0.2) is 4.98 Å². The number of ether oxygens (including phenoxy) is 1. The first-order valence-electron chi connectivity index (χ1n) is 13.2. The van der Waals surface area contributed by atoms with Gasteiger partial charge in [0.05, 0.1) is 18.4 Å². The summed E-state index contributed by atoms with van der Waals surface area (Å²) in [6, 6.07) is 15.5. The van der Waals surface area contributed by atoms with E-state index in [0.717, 1.165) is 31.9 Å². The molecule has 200 valence electrons. The number of amides is 1. The Labute approximate surface area is 223 Å². The van der Waals surface area contributed by atoms with Crippen molar-refractivity contribution in [2.75, 3.05) is 69.3 Å². The summed E-state index contributed by atoms with van der Waals surface area (Å²) in [5.41, 5.74) is 5.09. The summed E-state index contributed by atoms with van der Waals surface area (Å²) in [6.45, 7) is 11.0. The van der Waals surface area contributed by atoms with E-state index < -0.39 is 0 Å². The maximum atomic E-state index is 13.0. The van der Waals surface area contributed by atoms with Gasteiger partial charge >= 0.3 is 0 Å². The van der Waals surface area contributed by atoms with E-state index in [1.54, 1.807) is 25.3 Å². The van der Waals surface area contributed by atoms with Crippen molar-refractivity contribution >= 4 is 17.5 Å². The number of carbonyl (C=O) groups is 1. The number of nitrogens with one attached hydrogen (secondary N) is 1. The Morgan fingerprint density at radius 1 is 0.895 bits per heavy atom. The molecule has 1 aromatic heterocycles. The van der Waals surface area contributed by atoms with Crippen LogP contribution in [0.25, 0.3) is 0 Å². The molecule has 0 unspecified atom stereocenters. The van der Waals surface area contributed by atoms with Gasteiger partial charge in [0.2, 0.25) is 5.95 Å². The molecule has 2 aliphatic rings. The second kappa shape index (κ2) is 11.3. The molecule has 0 atom stereocenters. The summed E-state index contributed by atoms with van der Waals surface area (Å²) in [5.74, 6) is 1.11. The molecule has 9 nitrogen and oxygen atoms in total. The Hall–Kier alpha value is -3.85. The number of anilines is 2. The number of rotatable bonds is 6. The van der Waals surface area contributed by atoms with E-state index in [1.165, 1.54) is 16.8 Å². The average Bonchev–Trinajstić information content (AvgIpc) is 2.94. The smallest absolute Gasteiger partial charge is 0.257 e. The minimum atomic E-state index is -0.147. The lowest BCUT2D eigenvalue weighted by Crippen LogP contribution is -2.49. The van der Waals surface area contributed by atoms with Crippen LogP contribution in [-0.4, -0.2) is 85.1 Å². The fraction of sp³-hybridized carbons (Fsp3) is 0.414. The zero-order chi connectivity index (χ0) is 26.6. The van der Waals surface area contributed by atoms with E-state index in [-0.39, 0.29) is 11.5 Å². The van der Waals surface area contributed by atoms with Crippen LogP contribution in [0.1, 0.15) is 27.2 Å². The van der Waals surface area contributed by atoms with Crippen molar-refractivity contribution in [3.8, 4) is 5.75 Å². The fourth-order valence-electron chi connectivity index (χ4n) is 5.15. The highest BCUT2D eigenvalue weighted by Gasteiger charge is 2.26. The van der Waals surface area contributed by atoms with Gasteiger partial charge in [0.25, 0.3) is 11.5 Å². The molecular weight excluding hydrogens is 480 g/mol. The highest BCUT2D eigenvalue weighted by molar-refractivity contribution is 5.97. The summed E-state index contributed by atoms with van der Waals surface area (Å²) in [6.07, 6.45) is 0. The second-order valence-corrected chi connectivity index (χ2v) is 10.1. The number of aromatic nitrogens is 2. The SMILES string of the molecule is COc1ccccc1C(=O)N1CCN(c2nc(CN3CCN(c4ccc(C)c(C)c4)CC3)cc(=O)[nH]2)CC1. The fourth-order valence-corrected chi connectivity index (χ4v) is 5.15. The van der Waals surface area contributed by atoms with Gasteiger partial charge in [-0.3, -0.25) is 19.5 Å². The molecular formula is C29H36N6O3. The summed E-state index contributed by atoms with van der Waals surface area (Å²) in [4.78, 5) is 41.9. The molecule has 3 aromatic rings. The van der Waals surface area contributed by atoms with Crippen LogP contribution < -0.4 is 20.1 Å². The molecule has 2 fully saturated rings. The lowest BCUT2D eigenvalue weighted by molar-refractivity contribution is 0.0742. The molecule has 5 rings (SSSR count). The van der Waals surface area contributed by atoms with Gasteiger partial charge in [0, 0.05) is 70.7 Å². The van der Waals surface area contributed by atoms with Crippen molar-refractivity contribution in [1.82, 2.24) is 19.8 Å². The summed E-state index contributed by atoms with van der Waals surface area (Å²) < 4.78 is 5.36. The number of aryl methyl sites for hydroxylation is 2. The van der Waals surface area contributed by atoms with Gasteiger partial charge in [0.15, 0.2) is 0 Å². The Morgan fingerprint density at radius 2 is 1.61 bits per heavy atom. The molecule has 1 N–H and O–H groups in total. The number of methoxy groups -OCH3 is 1. The Kier molecular flexibility index (Phi) is 7.64. The molecule has 0 aliphatic carbocycles. The zero-order valence-corrected chi connectivity index (χ0v) is 22.4. The third-order valence-electron chi connectivity index (χ3n) is 7.60. The molecule has 0 bridgehead atoms. The van der Waals surface area contributed by atoms with Gasteiger partial charge < -0.3 is 19.4 Å². The number of piperazine rings is 2. The molecule has 38 heavy (non-hydrogen) atoms. The van der Waals surface area contributed by atoms with Crippen LogP contribution in [0, 0.1) is 13.8 Å². The lowest BCUT2D eigenvalue weighted by Gasteiger charge is -2.36. The number of carbonyl (C=O) groups excluding carboxylic acids is 1. The molecule has 2 aromatic carbocycles. The monoisotopic (exact) mass is 516 g/mol. The van der Waals surface area contributed by atoms with Gasteiger partial charge in [-0.2, -0.15) is 0 Å². The van der Waals surface area contributed by atoms with Crippen molar-refractivity contribution in [3.63, 3.8) is 0 Å². The molecule has 0 radical (unpaired) electrons. The first-order valence-corrected chi connectivity index (χ1v) is 13.2. The largest absolute Gasteiger partial charge is 0.496 e. The van der Waals surface area contributed by atoms with Gasteiger partial charge in [0.1, 0.15) is 5.75 Å². The number of H-pyrrole nitrogens is 1. The number of aromatic amines is 1. The normalized spacial score (nSPS) is 16.6. The van der Waals surface area contributed by atoms with Gasteiger partial charge in [-0.05, 0) is 49.2 Å². The van der Waals surface area contributed by atoms with Gasteiger partial charge in [-0.1, -0.05) is 18.2 Å². The van der Waals surface area contributed by atoms with Crippen molar-refractivity contribution < 1.29 is 9.53 Å². The number of benzene rings is 2. The van der Waals surface area contributed by atoms with Crippen LogP contribution in [-0.2, 0) is 6.54 Å². The van der Waals surface area contributed by atoms with E-state index in [9.17, 15) is 9.59 Å². The predicted octanol–water partition coefficient (Wildman–Crippen LogP) is 2.68. The quantitative estimate of drug-likeness (QED) is 0.539. The van der Waals surface area contributed by atoms with Crippen LogP contribution in [0.2, 0.25) is 0 Å². The van der Waals surface area contributed by atoms with Crippen molar-refractivity contribution in [3.05, 3.63) is 81.3 Å². The van der Waals surface area contributed by atoms with Crippen LogP contribution in [0.3, 0.4) is 0 Å². The second-order valence-electron chi connectivity index (χ2n) is 10.1. The topological polar surface area (TPSA) is 85.0 Å². The summed E-state index contributed by atoms with van der Waals surface area (Å²) in [7, 11) is 1.57. The van der Waals surface area contributed by atoms with E-state index in [2.05, 4.69) is 51.7 Å². The number of hydrogen-bond donors (Lipinski definition) is 1. The summed E-state index contributed by atoms with van der Waals surface area (Å²) >= 11 is 0. The van der Waals surface area contributed by atoms with E-state index in [4.69, 9.17) is 9.72 Å². The molecule has 0 saturated carbocycles. The summed E-state index contributed by atoms with van der Waals surface area (Å²) in [5, 5.41) is 0. The van der Waals surface area contributed by atoms with Crippen molar-refractivity contribution in [2.45, 2.75) is 20.4 Å². The van der Waals surface area contributed by atoms with Crippen molar-refractivity contribution in [2.24, 2.45) is 0 Å². The Bertz CT molecular complexity index is 1340. The van der Waals surface area contributed by atoms with Crippen LogP contribution in [0.4, 0.5) is 11.6 Å². The van der Waals surface area contributed by atoms with Crippen molar-refractivity contribution in [1.29, 1.82) is 0 Å². The Balaban J connectivity index is 1.18. The maximum Gasteiger partial charge on any atom is 0.257 e. The van der Waals surface area contributed by atoms with Crippen LogP contribution in [0.5, 0.6) is 5.75 Å². The molecule has 0 spiro atoms. The lowest BCUT2D eigenvalue weighted by atomic mass is 10.1. The van der Waals surface area contributed by atoms with E-state index in [0.29, 0.717) is 50.0 Å². The number of hydrogen-bond acceptors (Lipinski definition) is 7.